The average molecular weight is 512 g/mol. The molecule has 0 aliphatic heterocycles. The zero-order valence-corrected chi connectivity index (χ0v) is 20.8. The topological polar surface area (TPSA) is 104 Å². The highest BCUT2D eigenvalue weighted by Gasteiger charge is 2.33. The number of carbonyl (C=O) groups is 1. The minimum Gasteiger partial charge on any atom is -0.394 e. The van der Waals surface area contributed by atoms with Gasteiger partial charge in [-0.25, -0.2) is 0 Å². The monoisotopic (exact) mass is 511 g/mol. The van der Waals surface area contributed by atoms with E-state index in [-0.39, 0.29) is 24.5 Å². The maximum atomic E-state index is 12.8. The summed E-state index contributed by atoms with van der Waals surface area (Å²) in [7, 11) is 0. The Morgan fingerprint density at radius 2 is 2.00 bits per heavy atom. The highest BCUT2D eigenvalue weighted by molar-refractivity contribution is 6.30. The molecule has 0 saturated heterocycles. The normalized spacial score (nSPS) is 17.4. The number of aromatic nitrogens is 3. The number of pyridine rings is 1. The zero-order valence-electron chi connectivity index (χ0n) is 20.1. The van der Waals surface area contributed by atoms with E-state index in [1.165, 1.54) is 6.20 Å². The summed E-state index contributed by atoms with van der Waals surface area (Å²) in [6.45, 7) is -0.145. The van der Waals surface area contributed by atoms with E-state index < -0.39 is 6.04 Å². The predicted octanol–water partition coefficient (Wildman–Crippen LogP) is 4.65. The van der Waals surface area contributed by atoms with Gasteiger partial charge in [0.15, 0.2) is 0 Å². The SMILES string of the molecule is N#Cc1ccc(Cl)cc1C1CC(NC(=O)c2cnn([C@H](CO)c3ccc(Cc4ccccn4)cc3)c2)C1. The maximum absolute atomic E-state index is 12.8. The molecule has 1 aliphatic carbocycles. The summed E-state index contributed by atoms with van der Waals surface area (Å²) < 4.78 is 1.62. The van der Waals surface area contributed by atoms with Gasteiger partial charge < -0.3 is 10.4 Å². The van der Waals surface area contributed by atoms with Crippen molar-refractivity contribution < 1.29 is 9.90 Å². The molecule has 37 heavy (non-hydrogen) atoms. The van der Waals surface area contributed by atoms with Crippen molar-refractivity contribution in [2.24, 2.45) is 0 Å². The van der Waals surface area contributed by atoms with Crippen LogP contribution in [0.15, 0.2) is 79.3 Å². The van der Waals surface area contributed by atoms with Crippen LogP contribution in [0.25, 0.3) is 0 Å². The Morgan fingerprint density at radius 3 is 2.70 bits per heavy atom. The van der Waals surface area contributed by atoms with Crippen LogP contribution in [0, 0.1) is 11.3 Å². The van der Waals surface area contributed by atoms with Crippen LogP contribution in [-0.2, 0) is 6.42 Å². The van der Waals surface area contributed by atoms with Crippen LogP contribution in [0.1, 0.15) is 63.1 Å². The third-order valence-electron chi connectivity index (χ3n) is 6.88. The van der Waals surface area contributed by atoms with E-state index in [9.17, 15) is 15.2 Å². The van der Waals surface area contributed by atoms with Gasteiger partial charge in [0.1, 0.15) is 0 Å². The number of aliphatic hydroxyl groups is 1. The largest absolute Gasteiger partial charge is 0.394 e. The molecular formula is C29H26ClN5O2. The van der Waals surface area contributed by atoms with Gasteiger partial charge in [-0.2, -0.15) is 10.4 Å². The van der Waals surface area contributed by atoms with Crippen molar-refractivity contribution in [3.8, 4) is 6.07 Å². The van der Waals surface area contributed by atoms with E-state index in [1.54, 1.807) is 29.2 Å². The number of nitriles is 1. The van der Waals surface area contributed by atoms with Gasteiger partial charge in [-0.05, 0) is 65.8 Å². The van der Waals surface area contributed by atoms with Crippen molar-refractivity contribution >= 4 is 17.5 Å². The van der Waals surface area contributed by atoms with Gasteiger partial charge in [-0.1, -0.05) is 41.9 Å². The molecule has 4 aromatic rings. The lowest BCUT2D eigenvalue weighted by molar-refractivity contribution is 0.0908. The van der Waals surface area contributed by atoms with E-state index >= 15 is 0 Å². The second kappa shape index (κ2) is 11.0. The summed E-state index contributed by atoms with van der Waals surface area (Å²) in [5.41, 5.74) is 5.02. The lowest BCUT2D eigenvalue weighted by Gasteiger charge is -2.36. The first-order valence-corrected chi connectivity index (χ1v) is 12.6. The molecule has 1 aliphatic rings. The summed E-state index contributed by atoms with van der Waals surface area (Å²) in [6.07, 6.45) is 7.20. The average Bonchev–Trinajstić information content (AvgIpc) is 3.38. The number of nitrogens with one attached hydrogen (secondary N) is 1. The van der Waals surface area contributed by atoms with Crippen molar-refractivity contribution in [1.82, 2.24) is 20.1 Å². The molecular weight excluding hydrogens is 486 g/mol. The molecule has 7 nitrogen and oxygen atoms in total. The van der Waals surface area contributed by atoms with Crippen molar-refractivity contribution in [2.75, 3.05) is 6.61 Å². The standard InChI is InChI=1S/C29H26ClN5O2/c30-24-9-8-21(15-31)27(14-24)22-12-26(13-22)34-29(37)23-16-33-35(17-23)28(18-36)20-6-4-19(5-7-20)11-25-3-1-2-10-32-25/h1-10,14,16-17,22,26,28,36H,11-13,18H2,(H,34,37)/t22?,26?,28-/m1/s1. The molecule has 0 bridgehead atoms. The van der Waals surface area contributed by atoms with Crippen LogP contribution in [0.5, 0.6) is 0 Å². The summed E-state index contributed by atoms with van der Waals surface area (Å²) in [5, 5.41) is 27.5. The van der Waals surface area contributed by atoms with Crippen LogP contribution < -0.4 is 5.32 Å². The molecule has 2 aromatic heterocycles. The second-order valence-electron chi connectivity index (χ2n) is 9.33. The summed E-state index contributed by atoms with van der Waals surface area (Å²) in [6, 6.07) is 21.0. The zero-order chi connectivity index (χ0) is 25.8. The number of benzene rings is 2. The highest BCUT2D eigenvalue weighted by atomic mass is 35.5. The van der Waals surface area contributed by atoms with Gasteiger partial charge in [-0.3, -0.25) is 14.5 Å². The van der Waals surface area contributed by atoms with Crippen molar-refractivity contribution in [3.05, 3.63) is 118 Å². The molecule has 2 N–H and O–H groups in total. The molecule has 0 radical (unpaired) electrons. The molecule has 1 saturated carbocycles. The first-order valence-electron chi connectivity index (χ1n) is 12.2. The number of hydrogen-bond donors (Lipinski definition) is 2. The molecule has 2 heterocycles. The quantitative estimate of drug-likeness (QED) is 0.358. The highest BCUT2D eigenvalue weighted by Crippen LogP contribution is 2.39. The minimum absolute atomic E-state index is 0.0201. The smallest absolute Gasteiger partial charge is 0.254 e. The van der Waals surface area contributed by atoms with Crippen molar-refractivity contribution in [1.29, 1.82) is 5.26 Å². The minimum atomic E-state index is -0.397. The van der Waals surface area contributed by atoms with Crippen molar-refractivity contribution in [3.63, 3.8) is 0 Å². The van der Waals surface area contributed by atoms with Crippen LogP contribution >= 0.6 is 11.6 Å². The Kier molecular flexibility index (Phi) is 7.31. The third-order valence-corrected chi connectivity index (χ3v) is 7.11. The Balaban J connectivity index is 1.20. The number of hydrogen-bond acceptors (Lipinski definition) is 5. The van der Waals surface area contributed by atoms with Gasteiger partial charge in [0.25, 0.3) is 5.91 Å². The Hall–Kier alpha value is -3.99. The maximum Gasteiger partial charge on any atom is 0.254 e. The van der Waals surface area contributed by atoms with Crippen LogP contribution in [0.2, 0.25) is 5.02 Å². The number of halogens is 1. The Labute approximate surface area is 220 Å². The molecule has 0 unspecified atom stereocenters. The summed E-state index contributed by atoms with van der Waals surface area (Å²) in [5.74, 6) is -0.00974. The van der Waals surface area contributed by atoms with Crippen LogP contribution in [0.3, 0.4) is 0 Å². The van der Waals surface area contributed by atoms with Crippen LogP contribution in [-0.4, -0.2) is 38.4 Å². The molecule has 2 aromatic carbocycles. The van der Waals surface area contributed by atoms with E-state index in [0.717, 1.165) is 41.6 Å². The van der Waals surface area contributed by atoms with Crippen molar-refractivity contribution in [2.45, 2.75) is 37.3 Å². The summed E-state index contributed by atoms with van der Waals surface area (Å²) >= 11 is 6.12. The molecule has 186 valence electrons. The van der Waals surface area contributed by atoms with Crippen LogP contribution in [0.4, 0.5) is 0 Å². The number of nitrogens with zero attached hydrogens (tertiary/aromatic N) is 4. The molecule has 1 fully saturated rings. The van der Waals surface area contributed by atoms with Gasteiger partial charge in [-0.15, -0.1) is 0 Å². The molecule has 1 amide bonds. The molecule has 8 heteroatoms. The number of rotatable bonds is 8. The lowest BCUT2D eigenvalue weighted by Crippen LogP contribution is -2.43. The van der Waals surface area contributed by atoms with Gasteiger partial charge in [0.05, 0.1) is 36.0 Å². The van der Waals surface area contributed by atoms with E-state index in [4.69, 9.17) is 11.6 Å². The van der Waals surface area contributed by atoms with E-state index in [2.05, 4.69) is 21.5 Å². The number of amides is 1. The fraction of sp³-hybridized carbons (Fsp3) is 0.241. The van der Waals surface area contributed by atoms with Gasteiger partial charge >= 0.3 is 0 Å². The molecule has 0 spiro atoms. The van der Waals surface area contributed by atoms with Gasteiger partial charge in [0, 0.05) is 35.6 Å². The Morgan fingerprint density at radius 1 is 1.19 bits per heavy atom. The fourth-order valence-electron chi connectivity index (χ4n) is 4.77. The first kappa shape index (κ1) is 24.7. The van der Waals surface area contributed by atoms with E-state index in [0.29, 0.717) is 16.1 Å². The predicted molar refractivity (Wildman–Crippen MR) is 140 cm³/mol. The summed E-state index contributed by atoms with van der Waals surface area (Å²) in [4.78, 5) is 17.2. The fourth-order valence-corrected chi connectivity index (χ4v) is 4.95. The molecule has 5 rings (SSSR count). The number of carbonyl (C=O) groups excluding carboxylic acids is 1. The number of aliphatic hydroxyl groups excluding tert-OH is 1. The first-order chi connectivity index (χ1) is 18.0. The lowest BCUT2D eigenvalue weighted by atomic mass is 9.74. The Bertz CT molecular complexity index is 1420. The second-order valence-corrected chi connectivity index (χ2v) is 9.77. The molecule has 1 atom stereocenters. The van der Waals surface area contributed by atoms with E-state index in [1.807, 2.05) is 48.5 Å². The van der Waals surface area contributed by atoms with Gasteiger partial charge in [0.2, 0.25) is 0 Å². The third kappa shape index (κ3) is 5.56.